The summed E-state index contributed by atoms with van der Waals surface area (Å²) in [5.74, 6) is -0.0252. The van der Waals surface area contributed by atoms with E-state index in [1.807, 2.05) is 84.9 Å². The molecule has 1 N–H and O–H groups in total. The zero-order valence-corrected chi connectivity index (χ0v) is 17.5. The van der Waals surface area contributed by atoms with Crippen molar-refractivity contribution in [1.29, 1.82) is 0 Å². The van der Waals surface area contributed by atoms with Crippen molar-refractivity contribution in [2.24, 2.45) is 4.99 Å². The molecule has 1 aliphatic rings. The maximum Gasteiger partial charge on any atom is 0.267 e. The van der Waals surface area contributed by atoms with Crippen molar-refractivity contribution < 1.29 is 4.79 Å². The summed E-state index contributed by atoms with van der Waals surface area (Å²) < 4.78 is 0. The number of nitrogens with one attached hydrogen (secondary N) is 1. The van der Waals surface area contributed by atoms with Crippen molar-refractivity contribution in [1.82, 2.24) is 14.9 Å². The maximum absolute atomic E-state index is 13.3. The lowest BCUT2D eigenvalue weighted by Crippen LogP contribution is -2.28. The third-order valence-corrected chi connectivity index (χ3v) is 6.10. The van der Waals surface area contributed by atoms with Gasteiger partial charge in [-0.25, -0.2) is 4.98 Å². The molecular formula is C25H20N4OS. The molecular weight excluding hydrogens is 404 g/mol. The second-order valence-electron chi connectivity index (χ2n) is 7.25. The number of thioether (sulfide) groups is 1. The van der Waals surface area contributed by atoms with E-state index in [4.69, 9.17) is 4.99 Å². The largest absolute Gasteiger partial charge is 0.345 e. The van der Waals surface area contributed by atoms with Gasteiger partial charge in [-0.1, -0.05) is 66.7 Å². The molecule has 152 valence electrons. The summed E-state index contributed by atoms with van der Waals surface area (Å²) in [7, 11) is 0. The molecule has 31 heavy (non-hydrogen) atoms. The van der Waals surface area contributed by atoms with E-state index in [2.05, 4.69) is 9.97 Å². The summed E-state index contributed by atoms with van der Waals surface area (Å²) in [6.07, 6.45) is 3.59. The fraction of sp³-hybridized carbons (Fsp3) is 0.0800. The third kappa shape index (κ3) is 4.29. The SMILES string of the molecule is O=C1/C(=C/c2ccc3[nH]cnc3c2)S/C(=N\Cc2ccccc2)N1Cc1ccccc1. The zero-order chi connectivity index (χ0) is 21.0. The van der Waals surface area contributed by atoms with Gasteiger partial charge in [-0.3, -0.25) is 14.7 Å². The van der Waals surface area contributed by atoms with Gasteiger partial charge in [0.1, 0.15) is 0 Å². The Morgan fingerprint density at radius 3 is 2.48 bits per heavy atom. The fourth-order valence-electron chi connectivity index (χ4n) is 3.46. The first-order chi connectivity index (χ1) is 15.3. The highest BCUT2D eigenvalue weighted by molar-refractivity contribution is 8.18. The number of hydrogen-bond donors (Lipinski definition) is 1. The van der Waals surface area contributed by atoms with Crippen molar-refractivity contribution in [2.45, 2.75) is 13.1 Å². The smallest absolute Gasteiger partial charge is 0.267 e. The summed E-state index contributed by atoms with van der Waals surface area (Å²) in [5.41, 5.74) is 4.99. The molecule has 4 aromatic rings. The summed E-state index contributed by atoms with van der Waals surface area (Å²) in [6, 6.07) is 26.0. The molecule has 5 nitrogen and oxygen atoms in total. The second kappa shape index (κ2) is 8.62. The molecule has 0 aliphatic carbocycles. The van der Waals surface area contributed by atoms with Gasteiger partial charge in [-0.15, -0.1) is 0 Å². The van der Waals surface area contributed by atoms with Gasteiger partial charge in [-0.2, -0.15) is 0 Å². The predicted octanol–water partition coefficient (Wildman–Crippen LogP) is 5.24. The Morgan fingerprint density at radius 2 is 1.71 bits per heavy atom. The lowest BCUT2D eigenvalue weighted by molar-refractivity contribution is -0.122. The fourth-order valence-corrected chi connectivity index (χ4v) is 4.44. The first kappa shape index (κ1) is 19.3. The molecule has 0 radical (unpaired) electrons. The van der Waals surface area contributed by atoms with Gasteiger partial charge in [0.15, 0.2) is 5.17 Å². The molecule has 6 heteroatoms. The summed E-state index contributed by atoms with van der Waals surface area (Å²) in [4.78, 5) is 27.9. The van der Waals surface area contributed by atoms with Crippen LogP contribution >= 0.6 is 11.8 Å². The topological polar surface area (TPSA) is 61.4 Å². The van der Waals surface area contributed by atoms with E-state index in [0.717, 1.165) is 32.9 Å². The number of amidine groups is 1. The van der Waals surface area contributed by atoms with Crippen LogP contribution < -0.4 is 0 Å². The van der Waals surface area contributed by atoms with E-state index < -0.39 is 0 Å². The van der Waals surface area contributed by atoms with Crippen LogP contribution in [0, 0.1) is 0 Å². The molecule has 3 aromatic carbocycles. The minimum absolute atomic E-state index is 0.0252. The van der Waals surface area contributed by atoms with E-state index in [9.17, 15) is 4.79 Å². The van der Waals surface area contributed by atoms with E-state index >= 15 is 0 Å². The molecule has 2 heterocycles. The number of aliphatic imine (C=N–C) groups is 1. The minimum atomic E-state index is -0.0252. The van der Waals surface area contributed by atoms with Gasteiger partial charge in [0.25, 0.3) is 5.91 Å². The Kier molecular flexibility index (Phi) is 5.37. The average Bonchev–Trinajstić information content (AvgIpc) is 3.39. The molecule has 1 aliphatic heterocycles. The number of nitrogens with zero attached hydrogens (tertiary/aromatic N) is 3. The van der Waals surface area contributed by atoms with E-state index in [1.165, 1.54) is 11.8 Å². The number of fused-ring (bicyclic) bond motifs is 1. The van der Waals surface area contributed by atoms with Gasteiger partial charge in [0.2, 0.25) is 0 Å². The van der Waals surface area contributed by atoms with Crippen LogP contribution in [0.1, 0.15) is 16.7 Å². The van der Waals surface area contributed by atoms with Crippen LogP contribution in [0.25, 0.3) is 17.1 Å². The van der Waals surface area contributed by atoms with Gasteiger partial charge in [-0.05, 0) is 46.7 Å². The van der Waals surface area contributed by atoms with Crippen molar-refractivity contribution in [3.8, 4) is 0 Å². The highest BCUT2D eigenvalue weighted by Gasteiger charge is 2.33. The van der Waals surface area contributed by atoms with Crippen LogP contribution in [0.3, 0.4) is 0 Å². The minimum Gasteiger partial charge on any atom is -0.345 e. The highest BCUT2D eigenvalue weighted by Crippen LogP contribution is 2.34. The number of amides is 1. The monoisotopic (exact) mass is 424 g/mol. The lowest BCUT2D eigenvalue weighted by Gasteiger charge is -2.15. The molecule has 5 rings (SSSR count). The summed E-state index contributed by atoms with van der Waals surface area (Å²) in [5, 5.41) is 0.727. The number of aromatic nitrogens is 2. The number of aromatic amines is 1. The van der Waals surface area contributed by atoms with E-state index in [-0.39, 0.29) is 5.91 Å². The van der Waals surface area contributed by atoms with Crippen LogP contribution in [0.4, 0.5) is 0 Å². The zero-order valence-electron chi connectivity index (χ0n) is 16.7. The van der Waals surface area contributed by atoms with Crippen molar-refractivity contribution in [3.05, 3.63) is 107 Å². The number of rotatable bonds is 5. The lowest BCUT2D eigenvalue weighted by atomic mass is 10.2. The van der Waals surface area contributed by atoms with Crippen molar-refractivity contribution >= 4 is 39.9 Å². The van der Waals surface area contributed by atoms with Gasteiger partial charge >= 0.3 is 0 Å². The molecule has 1 fully saturated rings. The molecule has 0 bridgehead atoms. The predicted molar refractivity (Wildman–Crippen MR) is 126 cm³/mol. The molecule has 0 saturated carbocycles. The molecule has 0 spiro atoms. The molecule has 1 saturated heterocycles. The number of carbonyl (C=O) groups excluding carboxylic acids is 1. The first-order valence-electron chi connectivity index (χ1n) is 10.0. The standard InChI is InChI=1S/C25H20N4OS/c30-24-23(14-20-11-12-21-22(13-20)28-17-27-21)31-25(26-15-18-7-3-1-4-8-18)29(24)16-19-9-5-2-6-10-19/h1-14,17H,15-16H2,(H,27,28)/b23-14-,26-25-. The maximum atomic E-state index is 13.3. The highest BCUT2D eigenvalue weighted by atomic mass is 32.2. The van der Waals surface area contributed by atoms with Crippen LogP contribution in [-0.4, -0.2) is 25.9 Å². The van der Waals surface area contributed by atoms with Crippen LogP contribution in [-0.2, 0) is 17.9 Å². The van der Waals surface area contributed by atoms with Crippen molar-refractivity contribution in [3.63, 3.8) is 0 Å². The Morgan fingerprint density at radius 1 is 0.968 bits per heavy atom. The molecule has 0 atom stereocenters. The Balaban J connectivity index is 1.46. The third-order valence-electron chi connectivity index (χ3n) is 5.05. The Hall–Kier alpha value is -3.64. The van der Waals surface area contributed by atoms with Gasteiger partial charge < -0.3 is 4.98 Å². The van der Waals surface area contributed by atoms with E-state index in [0.29, 0.717) is 18.0 Å². The Bertz CT molecular complexity index is 1280. The summed E-state index contributed by atoms with van der Waals surface area (Å²) >= 11 is 1.43. The second-order valence-corrected chi connectivity index (χ2v) is 8.26. The molecule has 1 amide bonds. The first-order valence-corrected chi connectivity index (χ1v) is 10.8. The van der Waals surface area contributed by atoms with Crippen molar-refractivity contribution in [2.75, 3.05) is 0 Å². The van der Waals surface area contributed by atoms with Crippen LogP contribution in [0.2, 0.25) is 0 Å². The molecule has 1 aromatic heterocycles. The van der Waals surface area contributed by atoms with Gasteiger partial charge in [0.05, 0.1) is 35.4 Å². The normalized spacial score (nSPS) is 16.6. The van der Waals surface area contributed by atoms with Crippen LogP contribution in [0.5, 0.6) is 0 Å². The number of H-pyrrole nitrogens is 1. The molecule has 0 unspecified atom stereocenters. The quantitative estimate of drug-likeness (QED) is 0.446. The Labute approximate surface area is 184 Å². The number of carbonyl (C=O) groups is 1. The number of imidazole rings is 1. The van der Waals surface area contributed by atoms with Gasteiger partial charge in [0, 0.05) is 0 Å². The average molecular weight is 425 g/mol. The van der Waals surface area contributed by atoms with Crippen LogP contribution in [0.15, 0.2) is 95.1 Å². The number of hydrogen-bond acceptors (Lipinski definition) is 4. The summed E-state index contributed by atoms with van der Waals surface area (Å²) in [6.45, 7) is 1.03. The number of benzene rings is 3. The van der Waals surface area contributed by atoms with E-state index in [1.54, 1.807) is 11.2 Å².